The van der Waals surface area contributed by atoms with Crippen molar-refractivity contribution in [3.05, 3.63) is 30.2 Å². The first kappa shape index (κ1) is 10.5. The van der Waals surface area contributed by atoms with Crippen LogP contribution < -0.4 is 9.47 Å². The van der Waals surface area contributed by atoms with Gasteiger partial charge in [-0.25, -0.2) is 4.98 Å². The molecule has 1 N–H and O–H groups in total. The van der Waals surface area contributed by atoms with Gasteiger partial charge in [0.25, 0.3) is 0 Å². The maximum atomic E-state index is 5.25. The van der Waals surface area contributed by atoms with E-state index in [1.165, 1.54) is 0 Å². The van der Waals surface area contributed by atoms with Crippen LogP contribution in [0.15, 0.2) is 24.5 Å². The fourth-order valence-corrected chi connectivity index (χ4v) is 1.63. The van der Waals surface area contributed by atoms with E-state index in [1.807, 2.05) is 25.1 Å². The second kappa shape index (κ2) is 4.26. The lowest BCUT2D eigenvalue weighted by molar-refractivity contribution is 0.355. The molecule has 1 heterocycles. The number of methoxy groups -OCH3 is 2. The largest absolute Gasteiger partial charge is 0.493 e. The highest BCUT2D eigenvalue weighted by Crippen LogP contribution is 2.32. The second-order valence-corrected chi connectivity index (χ2v) is 3.45. The molecule has 0 aliphatic rings. The number of hydrogen-bond donors (Lipinski definition) is 1. The molecule has 4 nitrogen and oxygen atoms in total. The molecule has 2 aromatic rings. The molecule has 0 aliphatic heterocycles. The minimum absolute atomic E-state index is 0.711. The van der Waals surface area contributed by atoms with E-state index in [-0.39, 0.29) is 0 Å². The Morgan fingerprint density at radius 1 is 1.12 bits per heavy atom. The molecule has 0 amide bonds. The van der Waals surface area contributed by atoms with E-state index in [9.17, 15) is 0 Å². The van der Waals surface area contributed by atoms with Crippen LogP contribution in [0.4, 0.5) is 0 Å². The van der Waals surface area contributed by atoms with Crippen LogP contribution >= 0.6 is 0 Å². The van der Waals surface area contributed by atoms with Crippen LogP contribution in [0.5, 0.6) is 11.5 Å². The number of ether oxygens (including phenoxy) is 2. The predicted octanol–water partition coefficient (Wildman–Crippen LogP) is 2.40. The zero-order chi connectivity index (χ0) is 11.5. The summed E-state index contributed by atoms with van der Waals surface area (Å²) in [4.78, 5) is 7.32. The average molecular weight is 218 g/mol. The second-order valence-electron chi connectivity index (χ2n) is 3.45. The lowest BCUT2D eigenvalue weighted by atomic mass is 10.1. The normalized spacial score (nSPS) is 10.2. The molecule has 0 saturated carbocycles. The summed E-state index contributed by atoms with van der Waals surface area (Å²) >= 11 is 0. The highest BCUT2D eigenvalue weighted by Gasteiger charge is 2.09. The number of aryl methyl sites for hydroxylation is 1. The summed E-state index contributed by atoms with van der Waals surface area (Å²) in [5.74, 6) is 1.43. The summed E-state index contributed by atoms with van der Waals surface area (Å²) < 4.78 is 10.4. The number of hydrogen-bond acceptors (Lipinski definition) is 3. The molecule has 4 heteroatoms. The predicted molar refractivity (Wildman–Crippen MR) is 61.9 cm³/mol. The summed E-state index contributed by atoms with van der Waals surface area (Å²) in [6.07, 6.45) is 1.68. The molecule has 0 aliphatic carbocycles. The first-order valence-corrected chi connectivity index (χ1v) is 4.98. The van der Waals surface area contributed by atoms with Crippen LogP contribution in [-0.4, -0.2) is 24.2 Å². The van der Waals surface area contributed by atoms with Gasteiger partial charge in [-0.3, -0.25) is 0 Å². The molecule has 84 valence electrons. The topological polar surface area (TPSA) is 47.1 Å². The monoisotopic (exact) mass is 218 g/mol. The maximum absolute atomic E-state index is 5.25. The van der Waals surface area contributed by atoms with Crippen LogP contribution in [-0.2, 0) is 0 Å². The summed E-state index contributed by atoms with van der Waals surface area (Å²) in [5, 5.41) is 0. The lowest BCUT2D eigenvalue weighted by Gasteiger charge is -2.08. The molecule has 0 spiro atoms. The Bertz CT molecular complexity index is 492. The summed E-state index contributed by atoms with van der Waals surface area (Å²) in [5.41, 5.74) is 2.98. The number of imidazole rings is 1. The quantitative estimate of drug-likeness (QED) is 0.860. The van der Waals surface area contributed by atoms with Crippen LogP contribution in [0.3, 0.4) is 0 Å². The molecule has 0 radical (unpaired) electrons. The van der Waals surface area contributed by atoms with Crippen molar-refractivity contribution in [1.29, 1.82) is 0 Å². The van der Waals surface area contributed by atoms with Gasteiger partial charge < -0.3 is 14.5 Å². The van der Waals surface area contributed by atoms with Gasteiger partial charge >= 0.3 is 0 Å². The lowest BCUT2D eigenvalue weighted by Crippen LogP contribution is -1.91. The molecule has 0 saturated heterocycles. The van der Waals surface area contributed by atoms with E-state index >= 15 is 0 Å². The third kappa shape index (κ3) is 1.74. The molecule has 0 bridgehead atoms. The van der Waals surface area contributed by atoms with Crippen LogP contribution in [0.2, 0.25) is 0 Å². The van der Waals surface area contributed by atoms with Crippen molar-refractivity contribution in [3.63, 3.8) is 0 Å². The van der Waals surface area contributed by atoms with Gasteiger partial charge in [-0.15, -0.1) is 0 Å². The van der Waals surface area contributed by atoms with Crippen molar-refractivity contribution >= 4 is 0 Å². The smallest absolute Gasteiger partial charge is 0.161 e. The molecule has 1 aromatic heterocycles. The van der Waals surface area contributed by atoms with Gasteiger partial charge in [-0.2, -0.15) is 0 Å². The van der Waals surface area contributed by atoms with Crippen LogP contribution in [0.25, 0.3) is 11.3 Å². The number of nitrogens with one attached hydrogen (secondary N) is 1. The van der Waals surface area contributed by atoms with Gasteiger partial charge in [0.1, 0.15) is 0 Å². The summed E-state index contributed by atoms with van der Waals surface area (Å²) in [6.45, 7) is 1.99. The number of aromatic nitrogens is 2. The molecule has 2 rings (SSSR count). The van der Waals surface area contributed by atoms with Crippen molar-refractivity contribution in [2.75, 3.05) is 14.2 Å². The maximum Gasteiger partial charge on any atom is 0.161 e. The standard InChI is InChI=1S/C12H14N2O2/c1-8-12(14-7-13-8)9-4-5-10(15-2)11(6-9)16-3/h4-7H,1-3H3,(H,13,14). The van der Waals surface area contributed by atoms with E-state index in [0.717, 1.165) is 22.7 Å². The van der Waals surface area contributed by atoms with E-state index in [1.54, 1.807) is 20.5 Å². The Hall–Kier alpha value is -1.97. The molecule has 0 unspecified atom stereocenters. The first-order chi connectivity index (χ1) is 7.76. The van der Waals surface area contributed by atoms with Gasteiger partial charge in [0.15, 0.2) is 11.5 Å². The number of benzene rings is 1. The van der Waals surface area contributed by atoms with Gasteiger partial charge in [0, 0.05) is 11.3 Å². The van der Waals surface area contributed by atoms with Crippen LogP contribution in [0, 0.1) is 6.92 Å². The highest BCUT2D eigenvalue weighted by molar-refractivity contribution is 5.65. The fourth-order valence-electron chi connectivity index (χ4n) is 1.63. The number of H-pyrrole nitrogens is 1. The molecule has 16 heavy (non-hydrogen) atoms. The van der Waals surface area contributed by atoms with E-state index < -0.39 is 0 Å². The van der Waals surface area contributed by atoms with Gasteiger partial charge in [-0.05, 0) is 25.1 Å². The number of rotatable bonds is 3. The zero-order valence-corrected chi connectivity index (χ0v) is 9.57. The minimum atomic E-state index is 0.711. The Kier molecular flexibility index (Phi) is 2.81. The third-order valence-electron chi connectivity index (χ3n) is 2.49. The SMILES string of the molecule is COc1ccc(-c2nc[nH]c2C)cc1OC. The Morgan fingerprint density at radius 3 is 2.44 bits per heavy atom. The molecule has 0 fully saturated rings. The van der Waals surface area contributed by atoms with E-state index in [4.69, 9.17) is 9.47 Å². The number of nitrogens with zero attached hydrogens (tertiary/aromatic N) is 1. The van der Waals surface area contributed by atoms with Crippen LogP contribution in [0.1, 0.15) is 5.69 Å². The summed E-state index contributed by atoms with van der Waals surface area (Å²) in [7, 11) is 3.25. The molecular formula is C12H14N2O2. The molecular weight excluding hydrogens is 204 g/mol. The van der Waals surface area contributed by atoms with E-state index in [0.29, 0.717) is 5.75 Å². The first-order valence-electron chi connectivity index (χ1n) is 4.98. The van der Waals surface area contributed by atoms with Crippen molar-refractivity contribution < 1.29 is 9.47 Å². The highest BCUT2D eigenvalue weighted by atomic mass is 16.5. The van der Waals surface area contributed by atoms with Crippen molar-refractivity contribution in [2.45, 2.75) is 6.92 Å². The van der Waals surface area contributed by atoms with Crippen molar-refractivity contribution in [3.8, 4) is 22.8 Å². The van der Waals surface area contributed by atoms with Crippen molar-refractivity contribution in [1.82, 2.24) is 9.97 Å². The zero-order valence-electron chi connectivity index (χ0n) is 9.57. The van der Waals surface area contributed by atoms with Gasteiger partial charge in [-0.1, -0.05) is 0 Å². The van der Waals surface area contributed by atoms with E-state index in [2.05, 4.69) is 9.97 Å². The van der Waals surface area contributed by atoms with Gasteiger partial charge in [0.2, 0.25) is 0 Å². The minimum Gasteiger partial charge on any atom is -0.493 e. The Balaban J connectivity index is 2.48. The average Bonchev–Trinajstić information content (AvgIpc) is 2.74. The van der Waals surface area contributed by atoms with Crippen molar-refractivity contribution in [2.24, 2.45) is 0 Å². The fraction of sp³-hybridized carbons (Fsp3) is 0.250. The third-order valence-corrected chi connectivity index (χ3v) is 2.49. The Morgan fingerprint density at radius 2 is 1.88 bits per heavy atom. The Labute approximate surface area is 94.2 Å². The molecule has 0 atom stereocenters. The molecule has 1 aromatic carbocycles. The summed E-state index contributed by atoms with van der Waals surface area (Å²) in [6, 6.07) is 5.76. The van der Waals surface area contributed by atoms with Gasteiger partial charge in [0.05, 0.1) is 26.2 Å². The number of aromatic amines is 1.